The zero-order chi connectivity index (χ0) is 19.4. The molecule has 144 valence electrons. The highest BCUT2D eigenvalue weighted by molar-refractivity contribution is 7.98. The number of fused-ring (bicyclic) bond motifs is 1. The number of thioether (sulfide) groups is 1. The number of anilines is 1. The second kappa shape index (κ2) is 8.53. The van der Waals surface area contributed by atoms with Crippen LogP contribution >= 0.6 is 11.8 Å². The minimum absolute atomic E-state index is 0.350. The van der Waals surface area contributed by atoms with Gasteiger partial charge in [0.15, 0.2) is 0 Å². The molecule has 2 heterocycles. The maximum atomic E-state index is 13.2. The Kier molecular flexibility index (Phi) is 6.12. The number of carbonyl (C=O) groups is 2. The van der Waals surface area contributed by atoms with E-state index in [9.17, 15) is 14.0 Å². The Morgan fingerprint density at radius 1 is 1.22 bits per heavy atom. The number of carbonyl (C=O) groups excluding carboxylic acids is 2. The molecule has 1 aromatic carbocycles. The predicted molar refractivity (Wildman–Crippen MR) is 103 cm³/mol. The molecule has 0 aliphatic carbocycles. The van der Waals surface area contributed by atoms with Crippen molar-refractivity contribution in [2.75, 3.05) is 32.5 Å². The van der Waals surface area contributed by atoms with E-state index in [-0.39, 0.29) is 5.82 Å². The third kappa shape index (κ3) is 4.67. The normalized spacial score (nSPS) is 12.9. The van der Waals surface area contributed by atoms with Gasteiger partial charge in [0.05, 0.1) is 11.4 Å². The number of aromatic nitrogens is 2. The minimum Gasteiger partial charge on any atom is -0.348 e. The van der Waals surface area contributed by atoms with Crippen LogP contribution in [0, 0.1) is 5.82 Å². The fourth-order valence-electron chi connectivity index (χ4n) is 2.75. The Labute approximate surface area is 161 Å². The molecule has 1 aliphatic heterocycles. The molecule has 0 radical (unpaired) electrons. The summed E-state index contributed by atoms with van der Waals surface area (Å²) in [6.45, 7) is 1.25. The second-order valence-corrected chi connectivity index (χ2v) is 7.51. The number of amides is 2. The maximum Gasteiger partial charge on any atom is 0.314 e. The van der Waals surface area contributed by atoms with Crippen LogP contribution in [0.3, 0.4) is 0 Å². The first kappa shape index (κ1) is 19.4. The van der Waals surface area contributed by atoms with E-state index in [0.717, 1.165) is 30.0 Å². The van der Waals surface area contributed by atoms with Crippen molar-refractivity contribution in [1.29, 1.82) is 0 Å². The summed E-state index contributed by atoms with van der Waals surface area (Å²) >= 11 is 1.69. The van der Waals surface area contributed by atoms with E-state index in [4.69, 9.17) is 0 Å². The molecule has 2 amide bonds. The van der Waals surface area contributed by atoms with Gasteiger partial charge in [-0.15, -0.1) is 0 Å². The van der Waals surface area contributed by atoms with Crippen LogP contribution in [0.2, 0.25) is 0 Å². The zero-order valence-corrected chi connectivity index (χ0v) is 16.1. The maximum absolute atomic E-state index is 13.2. The first-order valence-electron chi connectivity index (χ1n) is 8.64. The lowest BCUT2D eigenvalue weighted by molar-refractivity contribution is -0.136. The van der Waals surface area contributed by atoms with E-state index in [0.29, 0.717) is 23.8 Å². The van der Waals surface area contributed by atoms with Gasteiger partial charge in [-0.3, -0.25) is 9.59 Å². The highest BCUT2D eigenvalue weighted by Gasteiger charge is 2.26. The van der Waals surface area contributed by atoms with Gasteiger partial charge in [-0.25, -0.2) is 9.07 Å². The van der Waals surface area contributed by atoms with Crippen molar-refractivity contribution in [1.82, 2.24) is 20.0 Å². The molecule has 3 rings (SSSR count). The first-order chi connectivity index (χ1) is 13.0. The van der Waals surface area contributed by atoms with Crippen LogP contribution in [0.15, 0.2) is 24.3 Å². The molecule has 0 fully saturated rings. The van der Waals surface area contributed by atoms with Gasteiger partial charge in [0.2, 0.25) is 0 Å². The van der Waals surface area contributed by atoms with Crippen LogP contribution in [-0.4, -0.2) is 53.7 Å². The third-order valence-corrected chi connectivity index (χ3v) is 5.10. The first-order valence-corrected chi connectivity index (χ1v) is 9.79. The smallest absolute Gasteiger partial charge is 0.314 e. The zero-order valence-electron chi connectivity index (χ0n) is 15.3. The number of benzene rings is 1. The van der Waals surface area contributed by atoms with Gasteiger partial charge in [-0.05, 0) is 51.3 Å². The van der Waals surface area contributed by atoms with Crippen LogP contribution in [0.4, 0.5) is 10.2 Å². The topological polar surface area (TPSA) is 79.3 Å². The molecule has 0 atom stereocenters. The average molecular weight is 391 g/mol. The third-order valence-electron chi connectivity index (χ3n) is 4.13. The summed E-state index contributed by atoms with van der Waals surface area (Å²) in [6, 6.07) is 5.84. The molecule has 0 bridgehead atoms. The summed E-state index contributed by atoms with van der Waals surface area (Å²) in [4.78, 5) is 26.4. The standard InChI is InChI=1S/C18H22FN5O2S/c1-23(2)9-3-8-20-17(25)18(26)21-16-14-10-27-11-15(14)22-24(16)13-6-4-12(19)5-7-13/h4-7H,3,8-11H2,1-2H3,(H,20,25)(H,21,26). The van der Waals surface area contributed by atoms with E-state index in [1.165, 1.54) is 12.1 Å². The molecule has 9 heteroatoms. The highest BCUT2D eigenvalue weighted by atomic mass is 32.2. The summed E-state index contributed by atoms with van der Waals surface area (Å²) in [5.74, 6) is 0.147. The molecule has 7 nitrogen and oxygen atoms in total. The van der Waals surface area contributed by atoms with E-state index >= 15 is 0 Å². The van der Waals surface area contributed by atoms with Crippen LogP contribution in [-0.2, 0) is 21.1 Å². The molecule has 0 saturated carbocycles. The summed E-state index contributed by atoms with van der Waals surface area (Å²) in [7, 11) is 3.90. The van der Waals surface area contributed by atoms with Crippen molar-refractivity contribution in [2.24, 2.45) is 0 Å². The lowest BCUT2D eigenvalue weighted by Crippen LogP contribution is -2.37. The van der Waals surface area contributed by atoms with Crippen molar-refractivity contribution >= 4 is 29.4 Å². The number of nitrogens with zero attached hydrogens (tertiary/aromatic N) is 3. The van der Waals surface area contributed by atoms with E-state index in [2.05, 4.69) is 15.7 Å². The van der Waals surface area contributed by atoms with Crippen LogP contribution in [0.5, 0.6) is 0 Å². The summed E-state index contributed by atoms with van der Waals surface area (Å²) in [5, 5.41) is 9.83. The molecular formula is C18H22FN5O2S. The molecule has 2 aromatic rings. The van der Waals surface area contributed by atoms with Crippen LogP contribution < -0.4 is 10.6 Å². The molecule has 0 saturated heterocycles. The van der Waals surface area contributed by atoms with Gasteiger partial charge in [0, 0.05) is 23.6 Å². The molecule has 2 N–H and O–H groups in total. The Bertz CT molecular complexity index is 835. The monoisotopic (exact) mass is 391 g/mol. The van der Waals surface area contributed by atoms with Crippen molar-refractivity contribution in [3.63, 3.8) is 0 Å². The van der Waals surface area contributed by atoms with Gasteiger partial charge < -0.3 is 15.5 Å². The largest absolute Gasteiger partial charge is 0.348 e. The Balaban J connectivity index is 1.73. The summed E-state index contributed by atoms with van der Waals surface area (Å²) in [6.07, 6.45) is 0.756. The van der Waals surface area contributed by atoms with Crippen LogP contribution in [0.1, 0.15) is 17.7 Å². The lowest BCUT2D eigenvalue weighted by atomic mass is 10.2. The van der Waals surface area contributed by atoms with E-state index < -0.39 is 11.8 Å². The molecule has 1 aliphatic rings. The van der Waals surface area contributed by atoms with Crippen molar-refractivity contribution in [3.05, 3.63) is 41.3 Å². The van der Waals surface area contributed by atoms with Gasteiger partial charge in [0.25, 0.3) is 0 Å². The quantitative estimate of drug-likeness (QED) is 0.580. The summed E-state index contributed by atoms with van der Waals surface area (Å²) < 4.78 is 14.8. The molecule has 27 heavy (non-hydrogen) atoms. The van der Waals surface area contributed by atoms with Gasteiger partial charge in [-0.2, -0.15) is 16.9 Å². The fraction of sp³-hybridized carbons (Fsp3) is 0.389. The summed E-state index contributed by atoms with van der Waals surface area (Å²) in [5.41, 5.74) is 2.39. The number of hydrogen-bond acceptors (Lipinski definition) is 5. The Hall–Kier alpha value is -2.39. The Morgan fingerprint density at radius 2 is 1.96 bits per heavy atom. The van der Waals surface area contributed by atoms with Crippen LogP contribution in [0.25, 0.3) is 5.69 Å². The number of nitrogens with one attached hydrogen (secondary N) is 2. The highest BCUT2D eigenvalue weighted by Crippen LogP contribution is 2.36. The Morgan fingerprint density at radius 3 is 2.67 bits per heavy atom. The van der Waals surface area contributed by atoms with Gasteiger partial charge >= 0.3 is 11.8 Å². The molecule has 0 spiro atoms. The van der Waals surface area contributed by atoms with Crippen molar-refractivity contribution < 1.29 is 14.0 Å². The molecule has 0 unspecified atom stereocenters. The number of halogens is 1. The lowest BCUT2D eigenvalue weighted by Gasteiger charge is -2.12. The predicted octanol–water partition coefficient (Wildman–Crippen LogP) is 1.76. The number of rotatable bonds is 6. The van der Waals surface area contributed by atoms with Crippen molar-refractivity contribution in [2.45, 2.75) is 17.9 Å². The average Bonchev–Trinajstić information content (AvgIpc) is 3.21. The van der Waals surface area contributed by atoms with E-state index in [1.807, 2.05) is 19.0 Å². The number of hydrogen-bond donors (Lipinski definition) is 2. The SMILES string of the molecule is CN(C)CCCNC(=O)C(=O)Nc1c2c(nn1-c1ccc(F)cc1)CSC2. The fourth-order valence-corrected chi connectivity index (χ4v) is 3.79. The van der Waals surface area contributed by atoms with Gasteiger partial charge in [-0.1, -0.05) is 0 Å². The molecular weight excluding hydrogens is 369 g/mol. The van der Waals surface area contributed by atoms with E-state index in [1.54, 1.807) is 28.6 Å². The second-order valence-electron chi connectivity index (χ2n) is 6.52. The minimum atomic E-state index is -0.734. The van der Waals surface area contributed by atoms with Gasteiger partial charge in [0.1, 0.15) is 11.6 Å². The van der Waals surface area contributed by atoms with Crippen molar-refractivity contribution in [3.8, 4) is 5.69 Å². The molecule has 1 aromatic heterocycles.